The molecular formula is C21H19FN2O4S. The lowest BCUT2D eigenvalue weighted by Crippen LogP contribution is -2.37. The molecule has 0 saturated heterocycles. The fraction of sp³-hybridized carbons (Fsp3) is 0.0952. The van der Waals surface area contributed by atoms with Crippen LogP contribution in [0, 0.1) is 5.82 Å². The Labute approximate surface area is 168 Å². The number of carbonyl (C=O) groups is 1. The maximum atomic E-state index is 13.8. The average molecular weight is 414 g/mol. The molecule has 0 bridgehead atoms. The minimum Gasteiger partial charge on any atom is -0.455 e. The Bertz CT molecular complexity index is 1100. The molecule has 1 N–H and O–H groups in total. The number of hydrogen-bond donors (Lipinski definition) is 1. The molecule has 29 heavy (non-hydrogen) atoms. The van der Waals surface area contributed by atoms with Gasteiger partial charge in [0.1, 0.15) is 18.1 Å². The molecule has 0 heterocycles. The molecule has 0 radical (unpaired) electrons. The fourth-order valence-electron chi connectivity index (χ4n) is 2.63. The maximum absolute atomic E-state index is 13.8. The number of nitrogens with zero attached hydrogens (tertiary/aromatic N) is 1. The number of rotatable bonds is 7. The molecule has 0 unspecified atom stereocenters. The number of nitrogens with one attached hydrogen (secondary N) is 1. The van der Waals surface area contributed by atoms with Crippen molar-refractivity contribution in [1.29, 1.82) is 0 Å². The molecule has 6 nitrogen and oxygen atoms in total. The summed E-state index contributed by atoms with van der Waals surface area (Å²) in [6, 6.07) is 21.0. The molecule has 0 aromatic heterocycles. The lowest BCUT2D eigenvalue weighted by molar-refractivity contribution is -0.114. The van der Waals surface area contributed by atoms with E-state index in [0.29, 0.717) is 5.75 Å². The molecule has 0 aliphatic rings. The predicted octanol–water partition coefficient (Wildman–Crippen LogP) is 4.02. The van der Waals surface area contributed by atoms with Gasteiger partial charge in [-0.05, 0) is 36.4 Å². The van der Waals surface area contributed by atoms with Crippen LogP contribution in [-0.4, -0.2) is 27.1 Å². The van der Waals surface area contributed by atoms with E-state index < -0.39 is 28.3 Å². The number of para-hydroxylation sites is 4. The first-order valence-electron chi connectivity index (χ1n) is 8.68. The van der Waals surface area contributed by atoms with Gasteiger partial charge in [-0.25, -0.2) is 12.8 Å². The summed E-state index contributed by atoms with van der Waals surface area (Å²) in [5.74, 6) is -0.512. The van der Waals surface area contributed by atoms with Crippen molar-refractivity contribution >= 4 is 27.3 Å². The summed E-state index contributed by atoms with van der Waals surface area (Å²) in [5.41, 5.74) is 0.169. The molecule has 0 saturated carbocycles. The monoisotopic (exact) mass is 414 g/mol. The van der Waals surface area contributed by atoms with E-state index in [1.807, 2.05) is 6.07 Å². The molecular weight excluding hydrogens is 395 g/mol. The Morgan fingerprint density at radius 1 is 0.966 bits per heavy atom. The summed E-state index contributed by atoms with van der Waals surface area (Å²) in [6.07, 6.45) is 0.989. The quantitative estimate of drug-likeness (QED) is 0.634. The molecule has 0 atom stereocenters. The number of ether oxygens (including phenoxy) is 1. The highest BCUT2D eigenvalue weighted by Gasteiger charge is 2.24. The van der Waals surface area contributed by atoms with Crippen molar-refractivity contribution in [3.63, 3.8) is 0 Å². The Morgan fingerprint density at radius 3 is 2.28 bits per heavy atom. The van der Waals surface area contributed by atoms with Crippen molar-refractivity contribution in [1.82, 2.24) is 0 Å². The highest BCUT2D eigenvalue weighted by molar-refractivity contribution is 7.92. The third kappa shape index (κ3) is 5.32. The summed E-state index contributed by atoms with van der Waals surface area (Å²) in [6.45, 7) is -0.539. The van der Waals surface area contributed by atoms with Crippen LogP contribution in [0.3, 0.4) is 0 Å². The van der Waals surface area contributed by atoms with Crippen molar-refractivity contribution in [2.45, 2.75) is 0 Å². The zero-order valence-corrected chi connectivity index (χ0v) is 16.4. The van der Waals surface area contributed by atoms with Gasteiger partial charge in [0.25, 0.3) is 0 Å². The van der Waals surface area contributed by atoms with Gasteiger partial charge < -0.3 is 10.1 Å². The van der Waals surface area contributed by atoms with Gasteiger partial charge in [-0.15, -0.1) is 0 Å². The first-order chi connectivity index (χ1) is 13.8. The first-order valence-corrected chi connectivity index (χ1v) is 10.5. The molecule has 0 fully saturated rings. The van der Waals surface area contributed by atoms with Gasteiger partial charge in [0.2, 0.25) is 15.9 Å². The van der Waals surface area contributed by atoms with Gasteiger partial charge in [-0.3, -0.25) is 9.10 Å². The molecule has 150 valence electrons. The van der Waals surface area contributed by atoms with E-state index in [0.717, 1.165) is 10.6 Å². The second-order valence-electron chi connectivity index (χ2n) is 6.18. The van der Waals surface area contributed by atoms with Crippen molar-refractivity contribution in [2.24, 2.45) is 0 Å². The fourth-order valence-corrected chi connectivity index (χ4v) is 3.49. The Morgan fingerprint density at radius 2 is 1.59 bits per heavy atom. The third-order valence-electron chi connectivity index (χ3n) is 3.94. The summed E-state index contributed by atoms with van der Waals surface area (Å²) >= 11 is 0. The molecule has 3 rings (SSSR count). The number of carbonyl (C=O) groups excluding carboxylic acids is 1. The predicted molar refractivity (Wildman–Crippen MR) is 110 cm³/mol. The van der Waals surface area contributed by atoms with Crippen LogP contribution >= 0.6 is 0 Å². The van der Waals surface area contributed by atoms with Crippen LogP contribution in [0.2, 0.25) is 0 Å². The van der Waals surface area contributed by atoms with Crippen LogP contribution < -0.4 is 14.4 Å². The van der Waals surface area contributed by atoms with Crippen LogP contribution in [0.25, 0.3) is 0 Å². The Balaban J connectivity index is 1.88. The Kier molecular flexibility index (Phi) is 6.13. The average Bonchev–Trinajstić information content (AvgIpc) is 2.69. The van der Waals surface area contributed by atoms with E-state index in [1.54, 1.807) is 48.5 Å². The number of anilines is 2. The van der Waals surface area contributed by atoms with Crippen LogP contribution in [0.5, 0.6) is 11.5 Å². The lowest BCUT2D eigenvalue weighted by atomic mass is 10.2. The zero-order chi connectivity index (χ0) is 20.9. The standard InChI is InChI=1S/C21H19FN2O4S/c1-29(26,27)24(15-21(25)23-18-12-6-5-11-17(18)22)19-13-7-8-14-20(19)28-16-9-3-2-4-10-16/h2-14H,15H2,1H3,(H,23,25). The summed E-state index contributed by atoms with van der Waals surface area (Å²) in [4.78, 5) is 12.4. The van der Waals surface area contributed by atoms with Crippen molar-refractivity contribution in [3.05, 3.63) is 84.7 Å². The first kappa shape index (κ1) is 20.3. The van der Waals surface area contributed by atoms with Gasteiger partial charge in [-0.1, -0.05) is 42.5 Å². The van der Waals surface area contributed by atoms with Crippen LogP contribution in [0.4, 0.5) is 15.8 Å². The van der Waals surface area contributed by atoms with Gasteiger partial charge in [0, 0.05) is 0 Å². The molecule has 8 heteroatoms. The number of halogens is 1. The van der Waals surface area contributed by atoms with Crippen molar-refractivity contribution in [3.8, 4) is 11.5 Å². The molecule has 0 aliphatic carbocycles. The highest BCUT2D eigenvalue weighted by atomic mass is 32.2. The van der Waals surface area contributed by atoms with Crippen LogP contribution in [0.1, 0.15) is 0 Å². The maximum Gasteiger partial charge on any atom is 0.245 e. The molecule has 0 spiro atoms. The largest absolute Gasteiger partial charge is 0.455 e. The number of sulfonamides is 1. The molecule has 1 amide bonds. The van der Waals surface area contributed by atoms with Crippen molar-refractivity contribution in [2.75, 3.05) is 22.4 Å². The van der Waals surface area contributed by atoms with E-state index in [9.17, 15) is 17.6 Å². The minimum absolute atomic E-state index is 0.0280. The number of hydrogen-bond acceptors (Lipinski definition) is 4. The van der Waals surface area contributed by atoms with Crippen LogP contribution in [-0.2, 0) is 14.8 Å². The van der Waals surface area contributed by atoms with Gasteiger partial charge >= 0.3 is 0 Å². The summed E-state index contributed by atoms with van der Waals surface area (Å²) in [5, 5.41) is 2.39. The van der Waals surface area contributed by atoms with Crippen molar-refractivity contribution < 1.29 is 22.3 Å². The van der Waals surface area contributed by atoms with E-state index >= 15 is 0 Å². The minimum atomic E-state index is -3.83. The summed E-state index contributed by atoms with van der Waals surface area (Å²) < 4.78 is 45.3. The van der Waals surface area contributed by atoms with E-state index in [1.165, 1.54) is 24.3 Å². The number of benzene rings is 3. The second-order valence-corrected chi connectivity index (χ2v) is 8.09. The van der Waals surface area contributed by atoms with Gasteiger partial charge in [0.05, 0.1) is 17.6 Å². The second kappa shape index (κ2) is 8.74. The normalized spacial score (nSPS) is 11.0. The molecule has 3 aromatic carbocycles. The third-order valence-corrected chi connectivity index (χ3v) is 5.07. The van der Waals surface area contributed by atoms with E-state index in [-0.39, 0.29) is 17.1 Å². The Hall–Kier alpha value is -3.39. The van der Waals surface area contributed by atoms with Gasteiger partial charge in [0.15, 0.2) is 5.75 Å². The topological polar surface area (TPSA) is 75.7 Å². The molecule has 3 aromatic rings. The number of amides is 1. The van der Waals surface area contributed by atoms with Gasteiger partial charge in [-0.2, -0.15) is 0 Å². The lowest BCUT2D eigenvalue weighted by Gasteiger charge is -2.24. The highest BCUT2D eigenvalue weighted by Crippen LogP contribution is 2.33. The summed E-state index contributed by atoms with van der Waals surface area (Å²) in [7, 11) is -3.83. The van der Waals surface area contributed by atoms with E-state index in [4.69, 9.17) is 4.74 Å². The smallest absolute Gasteiger partial charge is 0.245 e. The SMILES string of the molecule is CS(=O)(=O)N(CC(=O)Nc1ccccc1F)c1ccccc1Oc1ccccc1. The van der Waals surface area contributed by atoms with Crippen LogP contribution in [0.15, 0.2) is 78.9 Å². The molecule has 0 aliphatic heterocycles. The van der Waals surface area contributed by atoms with E-state index in [2.05, 4.69) is 5.32 Å². The zero-order valence-electron chi connectivity index (χ0n) is 15.6.